The van der Waals surface area contributed by atoms with Gasteiger partial charge in [-0.2, -0.15) is 0 Å². The summed E-state index contributed by atoms with van der Waals surface area (Å²) < 4.78 is 13.9. The molecule has 144 valence electrons. The second-order valence-electron chi connectivity index (χ2n) is 6.57. The van der Waals surface area contributed by atoms with Crippen molar-refractivity contribution in [2.75, 3.05) is 10.2 Å². The molecule has 0 saturated carbocycles. The number of hydrogen-bond donors (Lipinski definition) is 1. The van der Waals surface area contributed by atoms with Crippen molar-refractivity contribution in [2.45, 2.75) is 6.92 Å². The van der Waals surface area contributed by atoms with Crippen molar-refractivity contribution in [3.8, 4) is 0 Å². The molecule has 0 radical (unpaired) electrons. The van der Waals surface area contributed by atoms with Crippen LogP contribution in [-0.4, -0.2) is 17.7 Å². The highest BCUT2D eigenvalue weighted by atomic mass is 35.5. The van der Waals surface area contributed by atoms with Gasteiger partial charge in [-0.15, -0.1) is 0 Å². The Balaban J connectivity index is 1.66. The minimum atomic E-state index is -0.638. The van der Waals surface area contributed by atoms with E-state index in [-0.39, 0.29) is 27.4 Å². The monoisotopic (exact) mass is 408 g/mol. The third-order valence-corrected chi connectivity index (χ3v) is 4.92. The molecular formula is C22H14ClFN2O3. The normalized spacial score (nSPS) is 12.9. The van der Waals surface area contributed by atoms with E-state index >= 15 is 0 Å². The third kappa shape index (κ3) is 3.28. The summed E-state index contributed by atoms with van der Waals surface area (Å²) in [5.41, 5.74) is 1.64. The second-order valence-corrected chi connectivity index (χ2v) is 7.01. The molecule has 0 spiro atoms. The van der Waals surface area contributed by atoms with Gasteiger partial charge in [0.2, 0.25) is 0 Å². The van der Waals surface area contributed by atoms with Gasteiger partial charge in [-0.05, 0) is 55.0 Å². The molecule has 0 aromatic heterocycles. The Bertz CT molecular complexity index is 1190. The zero-order valence-electron chi connectivity index (χ0n) is 15.2. The lowest BCUT2D eigenvalue weighted by atomic mass is 10.1. The first-order valence-electron chi connectivity index (χ1n) is 8.71. The van der Waals surface area contributed by atoms with Crippen LogP contribution in [-0.2, 0) is 0 Å². The fourth-order valence-corrected chi connectivity index (χ4v) is 3.38. The maximum absolute atomic E-state index is 13.9. The van der Waals surface area contributed by atoms with Gasteiger partial charge in [0.15, 0.2) is 0 Å². The molecule has 1 N–H and O–H groups in total. The molecule has 29 heavy (non-hydrogen) atoms. The molecule has 0 saturated heterocycles. The van der Waals surface area contributed by atoms with Crippen molar-refractivity contribution in [3.05, 3.63) is 93.8 Å². The predicted octanol–water partition coefficient (Wildman–Crippen LogP) is 4.84. The fraction of sp³-hybridized carbons (Fsp3) is 0.0455. The van der Waals surface area contributed by atoms with Crippen LogP contribution in [0.2, 0.25) is 5.02 Å². The molecule has 1 aliphatic heterocycles. The van der Waals surface area contributed by atoms with Crippen LogP contribution in [0.5, 0.6) is 0 Å². The molecule has 1 aliphatic rings. The molecule has 3 aromatic rings. The predicted molar refractivity (Wildman–Crippen MR) is 108 cm³/mol. The van der Waals surface area contributed by atoms with Crippen molar-refractivity contribution in [1.82, 2.24) is 0 Å². The highest BCUT2D eigenvalue weighted by Crippen LogP contribution is 2.31. The van der Waals surface area contributed by atoms with Gasteiger partial charge in [-0.25, -0.2) is 9.29 Å². The number of amides is 3. The molecule has 0 unspecified atom stereocenters. The van der Waals surface area contributed by atoms with Crippen LogP contribution in [0.15, 0.2) is 60.7 Å². The number of fused-ring (bicyclic) bond motifs is 1. The number of carbonyl (C=O) groups excluding carboxylic acids is 3. The summed E-state index contributed by atoms with van der Waals surface area (Å²) in [5.74, 6) is -2.22. The molecule has 3 amide bonds. The quantitative estimate of drug-likeness (QED) is 0.630. The first-order chi connectivity index (χ1) is 13.9. The van der Waals surface area contributed by atoms with E-state index in [0.29, 0.717) is 5.69 Å². The van der Waals surface area contributed by atoms with E-state index in [4.69, 9.17) is 11.6 Å². The number of carbonyl (C=O) groups is 3. The number of nitrogens with one attached hydrogen (secondary N) is 1. The third-order valence-electron chi connectivity index (χ3n) is 4.68. The number of halogens is 2. The van der Waals surface area contributed by atoms with Crippen molar-refractivity contribution >= 4 is 40.7 Å². The average molecular weight is 409 g/mol. The van der Waals surface area contributed by atoms with Crippen LogP contribution in [0.1, 0.15) is 36.6 Å². The zero-order chi connectivity index (χ0) is 20.7. The topological polar surface area (TPSA) is 66.5 Å². The van der Waals surface area contributed by atoms with E-state index < -0.39 is 23.5 Å². The van der Waals surface area contributed by atoms with Gasteiger partial charge < -0.3 is 5.32 Å². The molecule has 1 heterocycles. The summed E-state index contributed by atoms with van der Waals surface area (Å²) in [4.78, 5) is 39.3. The minimum Gasteiger partial charge on any atom is -0.319 e. The van der Waals surface area contributed by atoms with Crippen LogP contribution in [0.4, 0.5) is 15.8 Å². The van der Waals surface area contributed by atoms with Crippen LogP contribution >= 0.6 is 11.6 Å². The average Bonchev–Trinajstić information content (AvgIpc) is 2.95. The first-order valence-corrected chi connectivity index (χ1v) is 9.09. The number of imide groups is 1. The van der Waals surface area contributed by atoms with Gasteiger partial charge in [0.1, 0.15) is 5.82 Å². The van der Waals surface area contributed by atoms with Crippen LogP contribution in [0.3, 0.4) is 0 Å². The number of hydrogen-bond acceptors (Lipinski definition) is 3. The molecule has 0 aliphatic carbocycles. The summed E-state index contributed by atoms with van der Waals surface area (Å²) in [7, 11) is 0. The maximum Gasteiger partial charge on any atom is 0.266 e. The Morgan fingerprint density at radius 1 is 0.966 bits per heavy atom. The lowest BCUT2D eigenvalue weighted by Crippen LogP contribution is -2.29. The number of para-hydroxylation sites is 1. The maximum atomic E-state index is 13.9. The van der Waals surface area contributed by atoms with Crippen LogP contribution < -0.4 is 10.2 Å². The lowest BCUT2D eigenvalue weighted by Gasteiger charge is -2.16. The van der Waals surface area contributed by atoms with Crippen molar-refractivity contribution in [1.29, 1.82) is 0 Å². The highest BCUT2D eigenvalue weighted by molar-refractivity contribution is 6.35. The Labute approximate surface area is 170 Å². The Hall–Kier alpha value is -3.51. The van der Waals surface area contributed by atoms with E-state index in [1.807, 2.05) is 6.07 Å². The second kappa shape index (κ2) is 7.14. The standard InChI is InChI=1S/C22H14ClFN2O3/c1-12-4-2-3-5-19(12)26-21(28)15-8-6-13(10-16(15)22(26)29)20(27)25-18-11-14(23)7-9-17(18)24/h2-11H,1H3,(H,25,27). The Morgan fingerprint density at radius 3 is 2.45 bits per heavy atom. The van der Waals surface area contributed by atoms with Gasteiger partial charge in [0.25, 0.3) is 17.7 Å². The molecule has 4 rings (SSSR count). The van der Waals surface area contributed by atoms with E-state index in [1.54, 1.807) is 25.1 Å². The molecule has 3 aromatic carbocycles. The Morgan fingerprint density at radius 2 is 1.69 bits per heavy atom. The molecule has 0 atom stereocenters. The van der Waals surface area contributed by atoms with Crippen molar-refractivity contribution < 1.29 is 18.8 Å². The van der Waals surface area contributed by atoms with E-state index in [0.717, 1.165) is 16.5 Å². The van der Waals surface area contributed by atoms with E-state index in [1.165, 1.54) is 30.3 Å². The summed E-state index contributed by atoms with van der Waals surface area (Å²) in [6, 6.07) is 15.0. The molecule has 0 bridgehead atoms. The van der Waals surface area contributed by atoms with Gasteiger partial charge in [-0.3, -0.25) is 14.4 Å². The van der Waals surface area contributed by atoms with Gasteiger partial charge in [-0.1, -0.05) is 29.8 Å². The van der Waals surface area contributed by atoms with Gasteiger partial charge in [0.05, 0.1) is 22.5 Å². The summed E-state index contributed by atoms with van der Waals surface area (Å²) in [6.45, 7) is 1.80. The van der Waals surface area contributed by atoms with E-state index in [9.17, 15) is 18.8 Å². The minimum absolute atomic E-state index is 0.0769. The largest absolute Gasteiger partial charge is 0.319 e. The van der Waals surface area contributed by atoms with E-state index in [2.05, 4.69) is 5.32 Å². The SMILES string of the molecule is Cc1ccccc1N1C(=O)c2ccc(C(=O)Nc3cc(Cl)ccc3F)cc2C1=O. The van der Waals surface area contributed by atoms with Crippen LogP contribution in [0.25, 0.3) is 0 Å². The summed E-state index contributed by atoms with van der Waals surface area (Å²) in [6.07, 6.45) is 0. The lowest BCUT2D eigenvalue weighted by molar-refractivity contribution is 0.0925. The fourth-order valence-electron chi connectivity index (χ4n) is 3.20. The number of anilines is 2. The number of rotatable bonds is 3. The van der Waals surface area contributed by atoms with Crippen molar-refractivity contribution in [3.63, 3.8) is 0 Å². The number of nitrogens with zero attached hydrogens (tertiary/aromatic N) is 1. The highest BCUT2D eigenvalue weighted by Gasteiger charge is 2.37. The molecule has 0 fully saturated rings. The molecule has 7 heteroatoms. The summed E-state index contributed by atoms with van der Waals surface area (Å²) in [5, 5.41) is 2.70. The number of aryl methyl sites for hydroxylation is 1. The number of benzene rings is 3. The van der Waals surface area contributed by atoms with Crippen molar-refractivity contribution in [2.24, 2.45) is 0 Å². The molecule has 5 nitrogen and oxygen atoms in total. The first kappa shape index (κ1) is 18.8. The molecular weight excluding hydrogens is 395 g/mol. The summed E-state index contributed by atoms with van der Waals surface area (Å²) >= 11 is 5.84. The Kier molecular flexibility index (Phi) is 4.64. The van der Waals surface area contributed by atoms with Gasteiger partial charge >= 0.3 is 0 Å². The smallest absolute Gasteiger partial charge is 0.266 e. The zero-order valence-corrected chi connectivity index (χ0v) is 16.0. The van der Waals surface area contributed by atoms with Crippen LogP contribution in [0, 0.1) is 12.7 Å². The van der Waals surface area contributed by atoms with Gasteiger partial charge in [0, 0.05) is 10.6 Å².